The second kappa shape index (κ2) is 4.46. The van der Waals surface area contributed by atoms with Gasteiger partial charge >= 0.3 is 0 Å². The largest absolute Gasteiger partial charge is 0.493 e. The third kappa shape index (κ3) is 1.40. The number of anilines is 1. The van der Waals surface area contributed by atoms with Gasteiger partial charge in [0.05, 0.1) is 19.9 Å². The highest BCUT2D eigenvalue weighted by Gasteiger charge is 2.75. The average Bonchev–Trinajstić information content (AvgIpc) is 3.19. The highest BCUT2D eigenvalue weighted by molar-refractivity contribution is 5.77. The number of nitrogens with zero attached hydrogens (tertiary/aromatic N) is 1. The van der Waals surface area contributed by atoms with E-state index in [1.807, 2.05) is 0 Å². The predicted octanol–water partition coefficient (Wildman–Crippen LogP) is 3.55. The van der Waals surface area contributed by atoms with Crippen LogP contribution in [-0.4, -0.2) is 43.8 Å². The first-order chi connectivity index (χ1) is 12.2. The van der Waals surface area contributed by atoms with E-state index in [2.05, 4.69) is 22.3 Å². The van der Waals surface area contributed by atoms with Gasteiger partial charge in [-0.25, -0.2) is 0 Å². The molecule has 7 rings (SSSR count). The monoisotopic (exact) mass is 340 g/mol. The Labute approximate surface area is 149 Å². The zero-order chi connectivity index (χ0) is 16.9. The van der Waals surface area contributed by atoms with Crippen molar-refractivity contribution in [2.45, 2.75) is 61.9 Å². The van der Waals surface area contributed by atoms with Gasteiger partial charge in [0.2, 0.25) is 0 Å². The van der Waals surface area contributed by atoms with Crippen molar-refractivity contribution in [1.82, 2.24) is 4.90 Å². The third-order valence-electron chi connectivity index (χ3n) is 8.67. The van der Waals surface area contributed by atoms with Crippen LogP contribution in [0.15, 0.2) is 12.1 Å². The quantitative estimate of drug-likeness (QED) is 0.893. The van der Waals surface area contributed by atoms with Crippen LogP contribution in [0.2, 0.25) is 0 Å². The summed E-state index contributed by atoms with van der Waals surface area (Å²) in [4.78, 5) is 2.85. The first kappa shape index (κ1) is 14.7. The van der Waals surface area contributed by atoms with E-state index in [1.165, 1.54) is 69.3 Å². The number of nitrogens with one attached hydrogen (secondary N) is 1. The van der Waals surface area contributed by atoms with E-state index in [4.69, 9.17) is 9.47 Å². The van der Waals surface area contributed by atoms with Crippen LogP contribution >= 0.6 is 0 Å². The van der Waals surface area contributed by atoms with E-state index in [-0.39, 0.29) is 11.0 Å². The van der Waals surface area contributed by atoms with Crippen LogP contribution in [0, 0.1) is 5.41 Å². The molecule has 3 spiro atoms. The molecule has 2 unspecified atom stereocenters. The fourth-order valence-electron chi connectivity index (χ4n) is 7.90. The van der Waals surface area contributed by atoms with Crippen molar-refractivity contribution in [3.05, 3.63) is 17.7 Å². The molecule has 0 aromatic heterocycles. The minimum absolute atomic E-state index is 0.230. The maximum atomic E-state index is 5.82. The Morgan fingerprint density at radius 2 is 1.84 bits per heavy atom. The van der Waals surface area contributed by atoms with Crippen molar-refractivity contribution < 1.29 is 9.47 Å². The molecule has 2 atom stereocenters. The second-order valence-corrected chi connectivity index (χ2v) is 9.06. The third-order valence-corrected chi connectivity index (χ3v) is 8.67. The lowest BCUT2D eigenvalue weighted by Gasteiger charge is -2.67. The maximum absolute atomic E-state index is 5.82. The summed E-state index contributed by atoms with van der Waals surface area (Å²) in [5.41, 5.74) is 3.81. The fourth-order valence-corrected chi connectivity index (χ4v) is 7.90. The van der Waals surface area contributed by atoms with Gasteiger partial charge in [0.15, 0.2) is 11.5 Å². The molecule has 3 aliphatic heterocycles. The number of rotatable bonds is 2. The Morgan fingerprint density at radius 1 is 1.00 bits per heavy atom. The second-order valence-electron chi connectivity index (χ2n) is 9.06. The van der Waals surface area contributed by atoms with Gasteiger partial charge in [0.25, 0.3) is 0 Å². The Kier molecular flexibility index (Phi) is 2.62. The van der Waals surface area contributed by atoms with Gasteiger partial charge in [0.1, 0.15) is 0 Å². The number of fused-ring (bicyclic) bond motifs is 3. The van der Waals surface area contributed by atoms with Crippen molar-refractivity contribution in [1.29, 1.82) is 0 Å². The van der Waals surface area contributed by atoms with Crippen LogP contribution in [-0.2, 0) is 5.41 Å². The molecule has 3 saturated carbocycles. The molecule has 1 aromatic carbocycles. The molecule has 3 aliphatic carbocycles. The number of ether oxygens (including phenoxy) is 2. The molecule has 4 heteroatoms. The van der Waals surface area contributed by atoms with Crippen LogP contribution in [0.5, 0.6) is 11.5 Å². The first-order valence-electron chi connectivity index (χ1n) is 9.97. The van der Waals surface area contributed by atoms with E-state index in [9.17, 15) is 0 Å². The topological polar surface area (TPSA) is 33.7 Å². The van der Waals surface area contributed by atoms with Crippen molar-refractivity contribution in [2.24, 2.45) is 5.41 Å². The molecule has 1 aromatic rings. The molecule has 25 heavy (non-hydrogen) atoms. The molecule has 1 N–H and O–H groups in total. The van der Waals surface area contributed by atoms with Gasteiger partial charge in [-0.3, -0.25) is 4.90 Å². The van der Waals surface area contributed by atoms with Crippen molar-refractivity contribution in [3.63, 3.8) is 0 Å². The fraction of sp³-hybridized carbons (Fsp3) is 0.714. The van der Waals surface area contributed by atoms with Gasteiger partial charge in [0, 0.05) is 17.0 Å². The summed E-state index contributed by atoms with van der Waals surface area (Å²) in [5, 5.41) is 4.05. The van der Waals surface area contributed by atoms with Crippen molar-refractivity contribution in [2.75, 3.05) is 32.6 Å². The molecule has 0 amide bonds. The Bertz CT molecular complexity index is 753. The number of piperidine rings is 1. The lowest BCUT2D eigenvalue weighted by atomic mass is 9.42. The molecule has 2 saturated heterocycles. The number of hydrogen-bond acceptors (Lipinski definition) is 4. The SMILES string of the molecule is COc1ccc2c(c1OC)NC13CCC4(CCCN5CCC21C54)CC3. The molecule has 4 nitrogen and oxygen atoms in total. The lowest BCUT2D eigenvalue weighted by Crippen LogP contribution is -2.72. The molecule has 2 bridgehead atoms. The van der Waals surface area contributed by atoms with E-state index in [1.54, 1.807) is 14.2 Å². The van der Waals surface area contributed by atoms with Gasteiger partial charge in [-0.2, -0.15) is 0 Å². The van der Waals surface area contributed by atoms with Crippen molar-refractivity contribution in [3.8, 4) is 11.5 Å². The van der Waals surface area contributed by atoms with Gasteiger partial charge in [-0.15, -0.1) is 0 Å². The summed E-state index contributed by atoms with van der Waals surface area (Å²) < 4.78 is 11.4. The molecule has 134 valence electrons. The van der Waals surface area contributed by atoms with Crippen LogP contribution < -0.4 is 14.8 Å². The molecule has 6 aliphatic rings. The summed E-state index contributed by atoms with van der Waals surface area (Å²) in [5.74, 6) is 1.76. The van der Waals surface area contributed by atoms with E-state index >= 15 is 0 Å². The molecule has 3 heterocycles. The Balaban J connectivity index is 1.63. The van der Waals surface area contributed by atoms with E-state index < -0.39 is 0 Å². The molecular weight excluding hydrogens is 312 g/mol. The first-order valence-corrected chi connectivity index (χ1v) is 9.97. The van der Waals surface area contributed by atoms with Crippen LogP contribution in [0.1, 0.15) is 50.5 Å². The minimum Gasteiger partial charge on any atom is -0.493 e. The lowest BCUT2D eigenvalue weighted by molar-refractivity contribution is -0.0987. The summed E-state index contributed by atoms with van der Waals surface area (Å²) >= 11 is 0. The normalized spacial score (nSPS) is 43.2. The maximum Gasteiger partial charge on any atom is 0.184 e. The van der Waals surface area contributed by atoms with E-state index in [0.717, 1.165) is 17.5 Å². The standard InChI is InChI=1S/C21H28N2O2/c1-24-15-5-4-14-16(17(15)25-2)22-20-9-7-19(8-10-20)6-3-12-23-13-11-21(14,20)18(19)23/h4-5,18,22H,3,6-13H2,1-2H3. The smallest absolute Gasteiger partial charge is 0.184 e. The summed E-state index contributed by atoms with van der Waals surface area (Å²) in [6, 6.07) is 5.21. The van der Waals surface area contributed by atoms with E-state index in [0.29, 0.717) is 5.41 Å². The summed E-state index contributed by atoms with van der Waals surface area (Å²) in [6.45, 7) is 2.57. The number of hydrogen-bond donors (Lipinski definition) is 1. The zero-order valence-corrected chi connectivity index (χ0v) is 15.4. The minimum atomic E-state index is 0.230. The summed E-state index contributed by atoms with van der Waals surface area (Å²) in [7, 11) is 3.51. The molecule has 0 radical (unpaired) electrons. The van der Waals surface area contributed by atoms with Crippen LogP contribution in [0.4, 0.5) is 5.69 Å². The van der Waals surface area contributed by atoms with Crippen LogP contribution in [0.3, 0.4) is 0 Å². The Hall–Kier alpha value is -1.42. The van der Waals surface area contributed by atoms with Crippen molar-refractivity contribution >= 4 is 5.69 Å². The highest BCUT2D eigenvalue weighted by Crippen LogP contribution is 2.73. The number of methoxy groups -OCH3 is 2. The van der Waals surface area contributed by atoms with Gasteiger partial charge in [-0.05, 0) is 75.1 Å². The molecule has 5 fully saturated rings. The number of benzene rings is 1. The predicted molar refractivity (Wildman–Crippen MR) is 97.7 cm³/mol. The highest BCUT2D eigenvalue weighted by atomic mass is 16.5. The average molecular weight is 340 g/mol. The Morgan fingerprint density at radius 3 is 2.60 bits per heavy atom. The van der Waals surface area contributed by atoms with Gasteiger partial charge < -0.3 is 14.8 Å². The van der Waals surface area contributed by atoms with Crippen LogP contribution in [0.25, 0.3) is 0 Å². The zero-order valence-electron chi connectivity index (χ0n) is 15.4. The summed E-state index contributed by atoms with van der Waals surface area (Å²) in [6.07, 6.45) is 9.57. The van der Waals surface area contributed by atoms with Gasteiger partial charge in [-0.1, -0.05) is 6.07 Å². The molecular formula is C21H28N2O2.